The van der Waals surface area contributed by atoms with Crippen LogP contribution in [0.2, 0.25) is 0 Å². The lowest BCUT2D eigenvalue weighted by atomic mass is 9.89. The molecule has 1 aliphatic rings. The van der Waals surface area contributed by atoms with Gasteiger partial charge in [-0.05, 0) is 36.8 Å². The molecule has 0 spiro atoms. The Morgan fingerprint density at radius 1 is 1.38 bits per heavy atom. The van der Waals surface area contributed by atoms with Crippen molar-refractivity contribution in [1.29, 1.82) is 0 Å². The van der Waals surface area contributed by atoms with E-state index in [1.54, 1.807) is 17.2 Å². The Balaban J connectivity index is 1.84. The smallest absolute Gasteiger partial charge is 0.426 e. The predicted molar refractivity (Wildman–Crippen MR) is 78.1 cm³/mol. The third-order valence-electron chi connectivity index (χ3n) is 3.64. The molecule has 0 radical (unpaired) electrons. The molecule has 0 unspecified atom stereocenters. The summed E-state index contributed by atoms with van der Waals surface area (Å²) >= 11 is 0. The Kier molecular flexibility index (Phi) is 5.27. The molecule has 0 saturated carbocycles. The summed E-state index contributed by atoms with van der Waals surface area (Å²) < 4.78 is 0. The molecule has 2 rings (SSSR count). The highest BCUT2D eigenvalue weighted by atomic mass is 16.7. The average molecular weight is 294 g/mol. The van der Waals surface area contributed by atoms with E-state index in [2.05, 4.69) is 5.32 Å². The van der Waals surface area contributed by atoms with Gasteiger partial charge < -0.3 is 20.4 Å². The van der Waals surface area contributed by atoms with Crippen LogP contribution in [0.3, 0.4) is 0 Å². The van der Waals surface area contributed by atoms with Crippen molar-refractivity contribution < 1.29 is 19.8 Å². The maximum absolute atomic E-state index is 11.5. The summed E-state index contributed by atoms with van der Waals surface area (Å²) in [7, 11) is 0. The van der Waals surface area contributed by atoms with Gasteiger partial charge in [0, 0.05) is 25.7 Å². The minimum Gasteiger partial charge on any atom is -0.508 e. The number of carbonyl (C=O) groups excluding carboxylic acids is 1. The molecule has 3 N–H and O–H groups in total. The van der Waals surface area contributed by atoms with Gasteiger partial charge >= 0.3 is 6.09 Å². The van der Waals surface area contributed by atoms with Crippen molar-refractivity contribution in [3.05, 3.63) is 23.8 Å². The number of hydrogen-bond acceptors (Lipinski definition) is 5. The number of aromatic hydroxyl groups is 2. The lowest BCUT2D eigenvalue weighted by molar-refractivity contribution is -0.113. The average Bonchev–Trinajstić information content (AvgIpc) is 2.46. The number of hydrogen-bond donors (Lipinski definition) is 3. The standard InChI is InChI=1S/C15H22N2O4/c1-2-7-16-15(20)21-17-8-5-11(6-9-17)13-4-3-12(18)10-14(13)19/h3-4,10-11,18-19H,2,5-9H2,1H3,(H,16,20). The van der Waals surface area contributed by atoms with Crippen LogP contribution in [0.1, 0.15) is 37.7 Å². The monoisotopic (exact) mass is 294 g/mol. The molecule has 1 aromatic rings. The largest absolute Gasteiger partial charge is 0.508 e. The summed E-state index contributed by atoms with van der Waals surface area (Å²) in [4.78, 5) is 16.7. The molecule has 0 aliphatic carbocycles. The highest BCUT2D eigenvalue weighted by Gasteiger charge is 2.24. The minimum absolute atomic E-state index is 0.0598. The summed E-state index contributed by atoms with van der Waals surface area (Å²) in [5, 5.41) is 23.5. The van der Waals surface area contributed by atoms with Crippen molar-refractivity contribution in [2.45, 2.75) is 32.1 Å². The minimum atomic E-state index is -0.414. The van der Waals surface area contributed by atoms with Crippen molar-refractivity contribution in [2.75, 3.05) is 19.6 Å². The van der Waals surface area contributed by atoms with Gasteiger partial charge in [0.25, 0.3) is 0 Å². The lowest BCUT2D eigenvalue weighted by Gasteiger charge is -2.30. The number of phenolic OH excluding ortho intramolecular Hbond substituents is 2. The highest BCUT2D eigenvalue weighted by molar-refractivity contribution is 5.66. The van der Waals surface area contributed by atoms with Crippen LogP contribution >= 0.6 is 0 Å². The molecule has 1 saturated heterocycles. The van der Waals surface area contributed by atoms with Crippen molar-refractivity contribution in [3.8, 4) is 11.5 Å². The highest BCUT2D eigenvalue weighted by Crippen LogP contribution is 2.35. The van der Waals surface area contributed by atoms with E-state index in [4.69, 9.17) is 4.84 Å². The SMILES string of the molecule is CCCNC(=O)ON1CCC(c2ccc(O)cc2O)CC1. The Morgan fingerprint density at radius 2 is 2.10 bits per heavy atom. The van der Waals surface area contributed by atoms with Crippen LogP contribution in [0, 0.1) is 0 Å². The second-order valence-electron chi connectivity index (χ2n) is 5.25. The molecule has 1 aliphatic heterocycles. The molecule has 0 aromatic heterocycles. The van der Waals surface area contributed by atoms with E-state index in [-0.39, 0.29) is 17.4 Å². The quantitative estimate of drug-likeness (QED) is 0.794. The van der Waals surface area contributed by atoms with E-state index < -0.39 is 6.09 Å². The first-order valence-corrected chi connectivity index (χ1v) is 7.32. The summed E-state index contributed by atoms with van der Waals surface area (Å²) in [6.45, 7) is 3.85. The molecule has 0 bridgehead atoms. The first kappa shape index (κ1) is 15.4. The van der Waals surface area contributed by atoms with Crippen LogP contribution in [0.5, 0.6) is 11.5 Å². The fraction of sp³-hybridized carbons (Fsp3) is 0.533. The summed E-state index contributed by atoms with van der Waals surface area (Å²) in [6.07, 6.45) is 2.04. The predicted octanol–water partition coefficient (Wildman–Crippen LogP) is 2.33. The second kappa shape index (κ2) is 7.17. The van der Waals surface area contributed by atoms with E-state index in [9.17, 15) is 15.0 Å². The number of nitrogens with one attached hydrogen (secondary N) is 1. The molecular formula is C15H22N2O4. The van der Waals surface area contributed by atoms with Gasteiger partial charge in [-0.1, -0.05) is 13.0 Å². The topological polar surface area (TPSA) is 82.0 Å². The van der Waals surface area contributed by atoms with Crippen LogP contribution in [-0.2, 0) is 4.84 Å². The zero-order chi connectivity index (χ0) is 15.2. The Morgan fingerprint density at radius 3 is 2.71 bits per heavy atom. The first-order valence-electron chi connectivity index (χ1n) is 7.32. The summed E-state index contributed by atoms with van der Waals surface area (Å²) in [5.41, 5.74) is 0.836. The van der Waals surface area contributed by atoms with Crippen LogP contribution in [0.25, 0.3) is 0 Å². The normalized spacial score (nSPS) is 16.6. The molecule has 0 atom stereocenters. The van der Waals surface area contributed by atoms with Gasteiger partial charge in [-0.3, -0.25) is 0 Å². The van der Waals surface area contributed by atoms with E-state index in [0.29, 0.717) is 19.6 Å². The van der Waals surface area contributed by atoms with E-state index in [0.717, 1.165) is 24.8 Å². The number of benzene rings is 1. The lowest BCUT2D eigenvalue weighted by Crippen LogP contribution is -2.38. The van der Waals surface area contributed by atoms with Crippen LogP contribution in [-0.4, -0.2) is 41.0 Å². The van der Waals surface area contributed by atoms with Gasteiger partial charge in [0.1, 0.15) is 11.5 Å². The van der Waals surface area contributed by atoms with E-state index in [1.165, 1.54) is 6.07 Å². The van der Waals surface area contributed by atoms with Crippen molar-refractivity contribution in [2.24, 2.45) is 0 Å². The number of carbonyl (C=O) groups is 1. The Labute approximate surface area is 124 Å². The van der Waals surface area contributed by atoms with Gasteiger partial charge in [0.05, 0.1) is 0 Å². The summed E-state index contributed by atoms with van der Waals surface area (Å²) in [5.74, 6) is 0.392. The van der Waals surface area contributed by atoms with Gasteiger partial charge in [0.15, 0.2) is 0 Å². The van der Waals surface area contributed by atoms with Gasteiger partial charge in [-0.2, -0.15) is 0 Å². The molecule has 1 heterocycles. The van der Waals surface area contributed by atoms with Crippen molar-refractivity contribution in [1.82, 2.24) is 10.4 Å². The van der Waals surface area contributed by atoms with Crippen molar-refractivity contribution >= 4 is 6.09 Å². The fourth-order valence-electron chi connectivity index (χ4n) is 2.51. The van der Waals surface area contributed by atoms with Gasteiger partial charge in [-0.15, -0.1) is 5.06 Å². The zero-order valence-electron chi connectivity index (χ0n) is 12.2. The number of amides is 1. The maximum atomic E-state index is 11.5. The number of rotatable bonds is 4. The summed E-state index contributed by atoms with van der Waals surface area (Å²) in [6, 6.07) is 4.69. The molecule has 1 fully saturated rings. The molecule has 6 heteroatoms. The third kappa shape index (κ3) is 4.26. The third-order valence-corrected chi connectivity index (χ3v) is 3.64. The molecular weight excluding hydrogens is 272 g/mol. The van der Waals surface area contributed by atoms with Crippen LogP contribution in [0.15, 0.2) is 18.2 Å². The van der Waals surface area contributed by atoms with E-state index in [1.807, 2.05) is 6.92 Å². The van der Waals surface area contributed by atoms with Crippen LogP contribution < -0.4 is 5.32 Å². The number of phenols is 2. The first-order chi connectivity index (χ1) is 10.1. The number of hydroxylamine groups is 2. The fourth-order valence-corrected chi connectivity index (χ4v) is 2.51. The Bertz CT molecular complexity index is 485. The number of piperidine rings is 1. The molecule has 21 heavy (non-hydrogen) atoms. The maximum Gasteiger partial charge on any atom is 0.426 e. The molecule has 1 aromatic carbocycles. The van der Waals surface area contributed by atoms with Gasteiger partial charge in [0.2, 0.25) is 0 Å². The van der Waals surface area contributed by atoms with Crippen molar-refractivity contribution in [3.63, 3.8) is 0 Å². The molecule has 116 valence electrons. The van der Waals surface area contributed by atoms with Crippen LogP contribution in [0.4, 0.5) is 4.79 Å². The van der Waals surface area contributed by atoms with E-state index >= 15 is 0 Å². The second-order valence-corrected chi connectivity index (χ2v) is 5.25. The Hall–Kier alpha value is -1.95. The zero-order valence-corrected chi connectivity index (χ0v) is 12.2. The molecule has 6 nitrogen and oxygen atoms in total. The van der Waals surface area contributed by atoms with Gasteiger partial charge in [-0.25, -0.2) is 4.79 Å². The number of nitrogens with zero attached hydrogens (tertiary/aromatic N) is 1. The molecule has 1 amide bonds.